The van der Waals surface area contributed by atoms with Crippen molar-refractivity contribution in [3.8, 4) is 5.75 Å². The maximum absolute atomic E-state index is 8.72. The Bertz CT molecular complexity index is 152. The molecule has 0 radical (unpaired) electrons. The zero-order valence-corrected chi connectivity index (χ0v) is 7.57. The molecule has 1 nitrogen and oxygen atoms in total. The molecule has 1 rings (SSSR count). The maximum atomic E-state index is 8.72. The first-order valence-electron chi connectivity index (χ1n) is 2.27. The first kappa shape index (κ1) is 9.11. The normalized spacial score (nSPS) is 8.11. The summed E-state index contributed by atoms with van der Waals surface area (Å²) in [6.07, 6.45) is 0. The summed E-state index contributed by atoms with van der Waals surface area (Å²) < 4.78 is 0. The van der Waals surface area contributed by atoms with Crippen molar-refractivity contribution in [1.82, 2.24) is 0 Å². The second kappa shape index (κ2) is 4.01. The molecule has 0 aliphatic rings. The number of phenols is 1. The summed E-state index contributed by atoms with van der Waals surface area (Å²) in [6, 6.07) is 6.67. The van der Waals surface area contributed by atoms with Gasteiger partial charge in [-0.3, -0.25) is 0 Å². The molecule has 0 aliphatic carbocycles. The molecule has 1 aromatic rings. The van der Waals surface area contributed by atoms with Gasteiger partial charge < -0.3 is 5.11 Å². The third-order valence-electron chi connectivity index (χ3n) is 0.850. The van der Waals surface area contributed by atoms with Crippen molar-refractivity contribution in [3.05, 3.63) is 24.3 Å². The van der Waals surface area contributed by atoms with E-state index in [0.717, 1.165) is 4.90 Å². The number of thiol groups is 1. The van der Waals surface area contributed by atoms with Crippen LogP contribution in [0, 0.1) is 0 Å². The molecule has 0 saturated carbocycles. The summed E-state index contributed by atoms with van der Waals surface area (Å²) in [5.41, 5.74) is 0. The van der Waals surface area contributed by atoms with Gasteiger partial charge in [0, 0.05) is 4.90 Å². The largest absolute Gasteiger partial charge is 1.00 e. The van der Waals surface area contributed by atoms with Crippen LogP contribution in [-0.2, 0) is 22.4 Å². The average Bonchev–Trinajstić information content (AvgIpc) is 1.77. The molecule has 1 N–H and O–H groups in total. The summed E-state index contributed by atoms with van der Waals surface area (Å²) in [5, 5.41) is 8.72. The van der Waals surface area contributed by atoms with Crippen molar-refractivity contribution in [2.24, 2.45) is 0 Å². The van der Waals surface area contributed by atoms with E-state index in [1.807, 2.05) is 0 Å². The molecular formula is C6H6AuOS+. The average molecular weight is 323 g/mol. The van der Waals surface area contributed by atoms with Crippen LogP contribution >= 0.6 is 12.6 Å². The van der Waals surface area contributed by atoms with E-state index in [9.17, 15) is 0 Å². The van der Waals surface area contributed by atoms with E-state index in [0.29, 0.717) is 0 Å². The van der Waals surface area contributed by atoms with E-state index < -0.39 is 0 Å². The van der Waals surface area contributed by atoms with Gasteiger partial charge in [-0.25, -0.2) is 0 Å². The summed E-state index contributed by atoms with van der Waals surface area (Å²) >= 11 is 4.02. The van der Waals surface area contributed by atoms with Gasteiger partial charge in [-0.2, -0.15) is 0 Å². The fourth-order valence-electron chi connectivity index (χ4n) is 0.453. The molecule has 0 aromatic heterocycles. The second-order valence-corrected chi connectivity index (χ2v) is 2.03. The van der Waals surface area contributed by atoms with Crippen LogP contribution in [0.25, 0.3) is 0 Å². The number of benzene rings is 1. The minimum Gasteiger partial charge on any atom is -0.508 e. The van der Waals surface area contributed by atoms with Crippen molar-refractivity contribution in [1.29, 1.82) is 0 Å². The van der Waals surface area contributed by atoms with E-state index >= 15 is 0 Å². The van der Waals surface area contributed by atoms with E-state index in [4.69, 9.17) is 5.11 Å². The third kappa shape index (κ3) is 2.96. The van der Waals surface area contributed by atoms with Crippen LogP contribution in [0.15, 0.2) is 29.2 Å². The van der Waals surface area contributed by atoms with Crippen LogP contribution in [0.4, 0.5) is 0 Å². The Kier molecular flexibility index (Phi) is 4.06. The van der Waals surface area contributed by atoms with Gasteiger partial charge in [-0.1, -0.05) is 0 Å². The Labute approximate surface area is 75.0 Å². The molecule has 3 heteroatoms. The third-order valence-corrected chi connectivity index (χ3v) is 1.15. The summed E-state index contributed by atoms with van der Waals surface area (Å²) in [4.78, 5) is 0.864. The van der Waals surface area contributed by atoms with Gasteiger partial charge in [-0.05, 0) is 24.3 Å². The minimum absolute atomic E-state index is 0. The predicted molar refractivity (Wildman–Crippen MR) is 35.4 cm³/mol. The zero-order chi connectivity index (χ0) is 5.98. The van der Waals surface area contributed by atoms with Crippen LogP contribution in [0.5, 0.6) is 5.75 Å². The van der Waals surface area contributed by atoms with Gasteiger partial charge in [0.25, 0.3) is 0 Å². The molecule has 0 saturated heterocycles. The van der Waals surface area contributed by atoms with Crippen molar-refractivity contribution >= 4 is 12.6 Å². The topological polar surface area (TPSA) is 20.2 Å². The van der Waals surface area contributed by atoms with Crippen molar-refractivity contribution in [3.63, 3.8) is 0 Å². The molecule has 0 unspecified atom stereocenters. The standard InChI is InChI=1S/C6H6OS.Au/c7-5-1-3-6(8)4-2-5;/h1-4,7-8H;/q;+1. The predicted octanol–water partition coefficient (Wildman–Crippen LogP) is 1.68. The summed E-state index contributed by atoms with van der Waals surface area (Å²) in [7, 11) is 0. The van der Waals surface area contributed by atoms with Crippen LogP contribution in [0.3, 0.4) is 0 Å². The molecular weight excluding hydrogens is 317 g/mol. The molecule has 0 spiro atoms. The fourth-order valence-corrected chi connectivity index (χ4v) is 0.602. The molecule has 0 bridgehead atoms. The van der Waals surface area contributed by atoms with Gasteiger partial charge in [0.1, 0.15) is 5.75 Å². The van der Waals surface area contributed by atoms with Gasteiger partial charge in [0.05, 0.1) is 0 Å². The Morgan fingerprint density at radius 1 is 1.11 bits per heavy atom. The Balaban J connectivity index is 0.000000640. The molecule has 9 heavy (non-hydrogen) atoms. The molecule has 0 fully saturated rings. The number of phenolic OH excluding ortho intramolecular Hbond substituents is 1. The number of rotatable bonds is 0. The molecule has 0 amide bonds. The van der Waals surface area contributed by atoms with E-state index in [1.54, 1.807) is 24.3 Å². The minimum atomic E-state index is 0. The zero-order valence-electron chi connectivity index (χ0n) is 4.51. The monoisotopic (exact) mass is 323 g/mol. The summed E-state index contributed by atoms with van der Waals surface area (Å²) in [6.45, 7) is 0. The van der Waals surface area contributed by atoms with E-state index in [-0.39, 0.29) is 28.1 Å². The van der Waals surface area contributed by atoms with Crippen LogP contribution in [-0.4, -0.2) is 5.11 Å². The smallest absolute Gasteiger partial charge is 0.508 e. The number of aromatic hydroxyl groups is 1. The van der Waals surface area contributed by atoms with Crippen LogP contribution < -0.4 is 0 Å². The Morgan fingerprint density at radius 2 is 1.56 bits per heavy atom. The van der Waals surface area contributed by atoms with Crippen LogP contribution in [0.2, 0.25) is 0 Å². The molecule has 52 valence electrons. The SMILES string of the molecule is Oc1ccc(S)cc1.[Au+]. The Morgan fingerprint density at radius 3 is 1.89 bits per heavy atom. The van der Waals surface area contributed by atoms with Crippen molar-refractivity contribution in [2.75, 3.05) is 0 Å². The van der Waals surface area contributed by atoms with Gasteiger partial charge in [-0.15, -0.1) is 12.6 Å². The van der Waals surface area contributed by atoms with Gasteiger partial charge in [0.2, 0.25) is 0 Å². The molecule has 0 atom stereocenters. The molecule has 0 aliphatic heterocycles. The van der Waals surface area contributed by atoms with Gasteiger partial charge in [0.15, 0.2) is 0 Å². The van der Waals surface area contributed by atoms with Gasteiger partial charge >= 0.3 is 22.4 Å². The fraction of sp³-hybridized carbons (Fsp3) is 0. The number of hydrogen-bond acceptors (Lipinski definition) is 2. The van der Waals surface area contributed by atoms with Crippen molar-refractivity contribution in [2.45, 2.75) is 4.90 Å². The summed E-state index contributed by atoms with van der Waals surface area (Å²) in [5.74, 6) is 0.280. The quantitative estimate of drug-likeness (QED) is 0.550. The van der Waals surface area contributed by atoms with E-state index in [1.165, 1.54) is 0 Å². The second-order valence-electron chi connectivity index (χ2n) is 1.52. The Hall–Kier alpha value is 0.110. The molecule has 0 heterocycles. The first-order chi connectivity index (χ1) is 3.79. The van der Waals surface area contributed by atoms with Crippen LogP contribution in [0.1, 0.15) is 0 Å². The van der Waals surface area contributed by atoms with E-state index in [2.05, 4.69) is 12.6 Å². The van der Waals surface area contributed by atoms with Crippen molar-refractivity contribution < 1.29 is 27.5 Å². The number of hydrogen-bond donors (Lipinski definition) is 2. The maximum Gasteiger partial charge on any atom is 1.00 e. The molecule has 1 aromatic carbocycles. The first-order valence-corrected chi connectivity index (χ1v) is 2.72.